The second kappa shape index (κ2) is 4.59. The summed E-state index contributed by atoms with van der Waals surface area (Å²) in [6.45, 7) is -0.0868. The fourth-order valence-electron chi connectivity index (χ4n) is 1.56. The number of nitrogens with zero attached hydrogens (tertiary/aromatic N) is 3. The molecule has 2 aromatic rings. The molecule has 0 radical (unpaired) electrons. The van der Waals surface area contributed by atoms with Crippen LogP contribution in [0.3, 0.4) is 0 Å². The van der Waals surface area contributed by atoms with Crippen LogP contribution in [0.25, 0.3) is 0 Å². The molecule has 0 aliphatic rings. The molecule has 94 valence electrons. The molecule has 2 rings (SSSR count). The number of halogens is 3. The maximum atomic E-state index is 12.8. The highest BCUT2D eigenvalue weighted by molar-refractivity contribution is 5.73. The molecule has 0 saturated heterocycles. The van der Waals surface area contributed by atoms with E-state index >= 15 is 0 Å². The minimum Gasteiger partial charge on any atom is -0.296 e. The zero-order valence-corrected chi connectivity index (χ0v) is 9.05. The molecule has 1 aromatic heterocycles. The van der Waals surface area contributed by atoms with Gasteiger partial charge in [0.25, 0.3) is 0 Å². The molecule has 0 aliphatic carbocycles. The summed E-state index contributed by atoms with van der Waals surface area (Å²) < 4.78 is 39.0. The van der Waals surface area contributed by atoms with Gasteiger partial charge in [-0.3, -0.25) is 4.79 Å². The maximum absolute atomic E-state index is 12.8. The van der Waals surface area contributed by atoms with E-state index < -0.39 is 17.6 Å². The summed E-state index contributed by atoms with van der Waals surface area (Å²) in [5.41, 5.74) is -1.18. The molecule has 0 fully saturated rings. The predicted octanol–water partition coefficient (Wildman–Crippen LogP) is 2.16. The van der Waals surface area contributed by atoms with E-state index in [1.807, 2.05) is 0 Å². The molecule has 0 atom stereocenters. The number of hydrogen-bond acceptors (Lipinski definition) is 3. The van der Waals surface area contributed by atoms with Crippen molar-refractivity contribution in [1.82, 2.24) is 15.0 Å². The number of alkyl halides is 3. The lowest BCUT2D eigenvalue weighted by molar-refractivity contribution is -0.144. The van der Waals surface area contributed by atoms with Gasteiger partial charge in [0.2, 0.25) is 0 Å². The Hall–Kier alpha value is -2.18. The molecular weight excluding hydrogens is 247 g/mol. The first-order chi connectivity index (χ1) is 8.52. The maximum Gasteiger partial charge on any atom is 0.435 e. The summed E-state index contributed by atoms with van der Waals surface area (Å²) >= 11 is 0. The first-order valence-electron chi connectivity index (χ1n) is 5.02. The van der Waals surface area contributed by atoms with Crippen LogP contribution in [0.15, 0.2) is 30.3 Å². The van der Waals surface area contributed by atoms with Gasteiger partial charge in [-0.15, -0.1) is 5.10 Å². The zero-order chi connectivity index (χ0) is 13.2. The predicted molar refractivity (Wildman–Crippen MR) is 56.0 cm³/mol. The lowest BCUT2D eigenvalue weighted by Crippen LogP contribution is -2.17. The number of aldehydes is 1. The second-order valence-electron chi connectivity index (χ2n) is 3.58. The number of aromatic nitrogens is 3. The number of carbonyl (C=O) groups excluding carboxylic acids is 1. The van der Waals surface area contributed by atoms with Crippen molar-refractivity contribution in [2.24, 2.45) is 0 Å². The Bertz CT molecular complexity index is 548. The highest BCUT2D eigenvalue weighted by Crippen LogP contribution is 2.30. The number of rotatable bonds is 3. The topological polar surface area (TPSA) is 47.8 Å². The van der Waals surface area contributed by atoms with Crippen LogP contribution in [-0.2, 0) is 12.7 Å². The second-order valence-corrected chi connectivity index (χ2v) is 3.58. The van der Waals surface area contributed by atoms with Crippen LogP contribution in [0.2, 0.25) is 0 Å². The Morgan fingerprint density at radius 3 is 2.44 bits per heavy atom. The Morgan fingerprint density at radius 1 is 1.22 bits per heavy atom. The SMILES string of the molecule is O=Cc1nnn(Cc2ccccc2)c1C(F)(F)F. The molecular formula is C11H8F3N3O. The van der Waals surface area contributed by atoms with E-state index in [1.165, 1.54) is 0 Å². The Kier molecular flexibility index (Phi) is 3.14. The Balaban J connectivity index is 2.40. The molecule has 0 N–H and O–H groups in total. The summed E-state index contributed by atoms with van der Waals surface area (Å²) in [4.78, 5) is 10.5. The van der Waals surface area contributed by atoms with Gasteiger partial charge < -0.3 is 0 Å². The smallest absolute Gasteiger partial charge is 0.296 e. The average Bonchev–Trinajstić information content (AvgIpc) is 2.73. The first-order valence-corrected chi connectivity index (χ1v) is 5.02. The highest BCUT2D eigenvalue weighted by Gasteiger charge is 2.39. The Morgan fingerprint density at radius 2 is 1.89 bits per heavy atom. The molecule has 7 heteroatoms. The van der Waals surface area contributed by atoms with Crippen LogP contribution in [0.1, 0.15) is 21.7 Å². The van der Waals surface area contributed by atoms with Gasteiger partial charge in [-0.1, -0.05) is 35.5 Å². The van der Waals surface area contributed by atoms with Crippen molar-refractivity contribution in [3.63, 3.8) is 0 Å². The van der Waals surface area contributed by atoms with Crippen LogP contribution in [0.5, 0.6) is 0 Å². The number of carbonyl (C=O) groups is 1. The van der Waals surface area contributed by atoms with Crippen LogP contribution < -0.4 is 0 Å². The van der Waals surface area contributed by atoms with Crippen molar-refractivity contribution in [2.75, 3.05) is 0 Å². The van der Waals surface area contributed by atoms with E-state index in [9.17, 15) is 18.0 Å². The fourth-order valence-corrected chi connectivity index (χ4v) is 1.56. The molecule has 1 heterocycles. The van der Waals surface area contributed by atoms with E-state index in [0.717, 1.165) is 0 Å². The summed E-state index contributed by atoms with van der Waals surface area (Å²) in [7, 11) is 0. The summed E-state index contributed by atoms with van der Waals surface area (Å²) in [5, 5.41) is 6.59. The third kappa shape index (κ3) is 2.39. The van der Waals surface area contributed by atoms with Crippen molar-refractivity contribution in [2.45, 2.75) is 12.7 Å². The molecule has 0 spiro atoms. The lowest BCUT2D eigenvalue weighted by atomic mass is 10.2. The van der Waals surface area contributed by atoms with Crippen LogP contribution in [-0.4, -0.2) is 21.3 Å². The van der Waals surface area contributed by atoms with Crippen molar-refractivity contribution < 1.29 is 18.0 Å². The highest BCUT2D eigenvalue weighted by atomic mass is 19.4. The van der Waals surface area contributed by atoms with Gasteiger partial charge in [0.15, 0.2) is 17.7 Å². The van der Waals surface area contributed by atoms with Gasteiger partial charge in [-0.2, -0.15) is 13.2 Å². The molecule has 18 heavy (non-hydrogen) atoms. The van der Waals surface area contributed by atoms with E-state index in [1.54, 1.807) is 30.3 Å². The van der Waals surface area contributed by atoms with Gasteiger partial charge in [0, 0.05) is 0 Å². The molecule has 1 aromatic carbocycles. The summed E-state index contributed by atoms with van der Waals surface area (Å²) in [5.74, 6) is 0. The van der Waals surface area contributed by atoms with E-state index in [0.29, 0.717) is 10.2 Å². The van der Waals surface area contributed by atoms with Crippen molar-refractivity contribution >= 4 is 6.29 Å². The molecule has 0 unspecified atom stereocenters. The van der Waals surface area contributed by atoms with Crippen LogP contribution >= 0.6 is 0 Å². The van der Waals surface area contributed by atoms with E-state index in [-0.39, 0.29) is 12.8 Å². The Labute approximate surface area is 100 Å². The van der Waals surface area contributed by atoms with Gasteiger partial charge in [0.1, 0.15) is 0 Å². The van der Waals surface area contributed by atoms with Crippen molar-refractivity contribution in [3.8, 4) is 0 Å². The molecule has 0 saturated carbocycles. The molecule has 0 bridgehead atoms. The fraction of sp³-hybridized carbons (Fsp3) is 0.182. The quantitative estimate of drug-likeness (QED) is 0.789. The monoisotopic (exact) mass is 255 g/mol. The van der Waals surface area contributed by atoms with E-state index in [2.05, 4.69) is 10.3 Å². The van der Waals surface area contributed by atoms with Gasteiger partial charge >= 0.3 is 6.18 Å². The van der Waals surface area contributed by atoms with Gasteiger partial charge in [-0.05, 0) is 5.56 Å². The van der Waals surface area contributed by atoms with Crippen molar-refractivity contribution in [3.05, 3.63) is 47.3 Å². The normalized spacial score (nSPS) is 11.5. The average molecular weight is 255 g/mol. The zero-order valence-electron chi connectivity index (χ0n) is 9.05. The number of hydrogen-bond donors (Lipinski definition) is 0. The largest absolute Gasteiger partial charge is 0.435 e. The lowest BCUT2D eigenvalue weighted by Gasteiger charge is -2.09. The van der Waals surface area contributed by atoms with Gasteiger partial charge in [0.05, 0.1) is 6.54 Å². The summed E-state index contributed by atoms with van der Waals surface area (Å²) in [6.07, 6.45) is -4.61. The standard InChI is InChI=1S/C11H8F3N3O/c12-11(13,14)10-9(7-18)15-16-17(10)6-8-4-2-1-3-5-8/h1-5,7H,6H2. The third-order valence-electron chi connectivity index (χ3n) is 2.32. The molecule has 4 nitrogen and oxygen atoms in total. The van der Waals surface area contributed by atoms with Crippen LogP contribution in [0.4, 0.5) is 13.2 Å². The third-order valence-corrected chi connectivity index (χ3v) is 2.32. The van der Waals surface area contributed by atoms with E-state index in [4.69, 9.17) is 0 Å². The molecule has 0 amide bonds. The van der Waals surface area contributed by atoms with Crippen molar-refractivity contribution in [1.29, 1.82) is 0 Å². The minimum atomic E-state index is -4.66. The first kappa shape index (κ1) is 12.3. The van der Waals surface area contributed by atoms with Crippen LogP contribution in [0, 0.1) is 0 Å². The minimum absolute atomic E-state index is 0.0529. The molecule has 0 aliphatic heterocycles. The summed E-state index contributed by atoms with van der Waals surface area (Å²) in [6, 6.07) is 8.51. The van der Waals surface area contributed by atoms with Gasteiger partial charge in [-0.25, -0.2) is 4.68 Å². The number of benzene rings is 1.